The van der Waals surface area contributed by atoms with Gasteiger partial charge in [0.2, 0.25) is 0 Å². The first-order valence-corrected chi connectivity index (χ1v) is 6.47. The van der Waals surface area contributed by atoms with E-state index >= 15 is 0 Å². The van der Waals surface area contributed by atoms with Gasteiger partial charge in [0, 0.05) is 6.04 Å². The van der Waals surface area contributed by atoms with E-state index in [1.807, 2.05) is 0 Å². The number of nitrogens with one attached hydrogen (secondary N) is 1. The molecule has 0 saturated heterocycles. The molecule has 0 spiro atoms. The standard InChI is InChI=1S/C5H14N3PS/c6-9(7,10)8-5-3-1-2-4-5/h5H,1-4H2,(H5,6,7,8,10). The summed E-state index contributed by atoms with van der Waals surface area (Å²) in [5.74, 6) is 0. The lowest BCUT2D eigenvalue weighted by Gasteiger charge is -2.17. The Kier molecular flexibility index (Phi) is 2.83. The van der Waals surface area contributed by atoms with E-state index in [-0.39, 0.29) is 0 Å². The van der Waals surface area contributed by atoms with Crippen molar-refractivity contribution in [1.82, 2.24) is 5.09 Å². The van der Waals surface area contributed by atoms with Crippen LogP contribution in [0, 0.1) is 0 Å². The summed E-state index contributed by atoms with van der Waals surface area (Å²) in [5.41, 5.74) is 11.0. The van der Waals surface area contributed by atoms with Crippen molar-refractivity contribution in [2.45, 2.75) is 31.7 Å². The molecular weight excluding hydrogens is 165 g/mol. The van der Waals surface area contributed by atoms with Gasteiger partial charge < -0.3 is 0 Å². The summed E-state index contributed by atoms with van der Waals surface area (Å²) in [5, 5.41) is 3.10. The Labute approximate surface area is 66.7 Å². The Morgan fingerprint density at radius 1 is 1.30 bits per heavy atom. The Morgan fingerprint density at radius 2 is 1.80 bits per heavy atom. The van der Waals surface area contributed by atoms with Crippen LogP contribution in [-0.2, 0) is 11.8 Å². The number of nitrogens with two attached hydrogens (primary N) is 2. The first-order chi connectivity index (χ1) is 4.58. The Balaban J connectivity index is 2.31. The van der Waals surface area contributed by atoms with Gasteiger partial charge in [0.1, 0.15) is 6.49 Å². The first-order valence-electron chi connectivity index (χ1n) is 3.53. The summed E-state index contributed by atoms with van der Waals surface area (Å²) in [4.78, 5) is 0. The largest absolute Gasteiger partial charge is 0.280 e. The Bertz CT molecular complexity index is 149. The van der Waals surface area contributed by atoms with Gasteiger partial charge in [0.15, 0.2) is 0 Å². The third-order valence-corrected chi connectivity index (χ3v) is 2.82. The summed E-state index contributed by atoms with van der Waals surface area (Å²) < 4.78 is 0. The molecule has 0 amide bonds. The lowest BCUT2D eigenvalue weighted by molar-refractivity contribution is 0.648. The van der Waals surface area contributed by atoms with Crippen LogP contribution >= 0.6 is 6.49 Å². The van der Waals surface area contributed by atoms with Crippen LogP contribution in [0.3, 0.4) is 0 Å². The van der Waals surface area contributed by atoms with Gasteiger partial charge in [-0.1, -0.05) is 12.8 Å². The van der Waals surface area contributed by atoms with E-state index in [0.717, 1.165) is 0 Å². The topological polar surface area (TPSA) is 64.1 Å². The van der Waals surface area contributed by atoms with E-state index in [9.17, 15) is 0 Å². The predicted octanol–water partition coefficient (Wildman–Crippen LogP) is 0.660. The number of rotatable bonds is 2. The highest BCUT2D eigenvalue weighted by Gasteiger charge is 2.17. The lowest BCUT2D eigenvalue weighted by Crippen LogP contribution is -2.30. The average molecular weight is 179 g/mol. The van der Waals surface area contributed by atoms with Crippen LogP contribution in [0.2, 0.25) is 0 Å². The van der Waals surface area contributed by atoms with Gasteiger partial charge in [0.25, 0.3) is 0 Å². The SMILES string of the molecule is NP(N)(=S)NC1CCCC1. The monoisotopic (exact) mass is 179 g/mol. The predicted molar refractivity (Wildman–Crippen MR) is 48.1 cm³/mol. The molecule has 1 fully saturated rings. The van der Waals surface area contributed by atoms with Crippen molar-refractivity contribution >= 4 is 18.3 Å². The van der Waals surface area contributed by atoms with Crippen molar-refractivity contribution in [2.24, 2.45) is 11.0 Å². The summed E-state index contributed by atoms with van der Waals surface area (Å²) in [7, 11) is 0. The van der Waals surface area contributed by atoms with Crippen LogP contribution in [0.15, 0.2) is 0 Å². The third-order valence-electron chi connectivity index (χ3n) is 1.74. The molecule has 0 aliphatic heterocycles. The maximum atomic E-state index is 5.51. The van der Waals surface area contributed by atoms with Crippen LogP contribution in [0.1, 0.15) is 25.7 Å². The smallest absolute Gasteiger partial charge is 0.132 e. The van der Waals surface area contributed by atoms with Crippen molar-refractivity contribution in [3.05, 3.63) is 0 Å². The van der Waals surface area contributed by atoms with E-state index in [0.29, 0.717) is 6.04 Å². The van der Waals surface area contributed by atoms with Gasteiger partial charge in [-0.25, -0.2) is 0 Å². The van der Waals surface area contributed by atoms with Crippen molar-refractivity contribution in [1.29, 1.82) is 0 Å². The maximum Gasteiger partial charge on any atom is 0.132 e. The highest BCUT2D eigenvalue weighted by Crippen LogP contribution is 2.27. The molecular formula is C5H14N3PS. The minimum Gasteiger partial charge on any atom is -0.280 e. The maximum absolute atomic E-state index is 5.51. The minimum absolute atomic E-state index is 0.501. The first kappa shape index (κ1) is 8.62. The molecule has 60 valence electrons. The van der Waals surface area contributed by atoms with Gasteiger partial charge in [-0.05, 0) is 24.6 Å². The normalized spacial score (nSPS) is 21.8. The minimum atomic E-state index is -2.13. The fraction of sp³-hybridized carbons (Fsp3) is 1.00. The zero-order valence-corrected chi connectivity index (χ0v) is 7.63. The van der Waals surface area contributed by atoms with Crippen molar-refractivity contribution in [2.75, 3.05) is 0 Å². The molecule has 0 aromatic heterocycles. The second-order valence-corrected chi connectivity index (χ2v) is 6.31. The second kappa shape index (κ2) is 3.28. The van der Waals surface area contributed by atoms with Gasteiger partial charge in [0.05, 0.1) is 0 Å². The summed E-state index contributed by atoms with van der Waals surface area (Å²) in [6, 6.07) is 0.501. The summed E-state index contributed by atoms with van der Waals surface area (Å²) in [6.45, 7) is -2.13. The van der Waals surface area contributed by atoms with Crippen LogP contribution < -0.4 is 16.1 Å². The van der Waals surface area contributed by atoms with Gasteiger partial charge >= 0.3 is 0 Å². The second-order valence-electron chi connectivity index (χ2n) is 2.82. The zero-order valence-electron chi connectivity index (χ0n) is 5.92. The molecule has 0 atom stereocenters. The van der Waals surface area contributed by atoms with E-state index in [2.05, 4.69) is 5.09 Å². The molecule has 1 saturated carbocycles. The molecule has 5 N–H and O–H groups in total. The van der Waals surface area contributed by atoms with E-state index in [1.54, 1.807) is 0 Å². The quantitative estimate of drug-likeness (QED) is 0.545. The van der Waals surface area contributed by atoms with E-state index < -0.39 is 6.49 Å². The van der Waals surface area contributed by atoms with Crippen LogP contribution in [0.4, 0.5) is 0 Å². The highest BCUT2D eigenvalue weighted by atomic mass is 32.4. The molecule has 1 aliphatic carbocycles. The average Bonchev–Trinajstić information content (AvgIpc) is 2.12. The molecule has 0 aromatic carbocycles. The molecule has 0 unspecified atom stereocenters. The molecule has 1 rings (SSSR count). The molecule has 5 heteroatoms. The van der Waals surface area contributed by atoms with Crippen molar-refractivity contribution in [3.63, 3.8) is 0 Å². The van der Waals surface area contributed by atoms with Crippen molar-refractivity contribution < 1.29 is 0 Å². The molecule has 3 nitrogen and oxygen atoms in total. The van der Waals surface area contributed by atoms with Crippen molar-refractivity contribution in [3.8, 4) is 0 Å². The van der Waals surface area contributed by atoms with Crippen LogP contribution in [0.25, 0.3) is 0 Å². The number of hydrogen-bond acceptors (Lipinski definition) is 1. The molecule has 0 aromatic rings. The highest BCUT2D eigenvalue weighted by molar-refractivity contribution is 8.11. The fourth-order valence-corrected chi connectivity index (χ4v) is 2.62. The van der Waals surface area contributed by atoms with Gasteiger partial charge in [-0.2, -0.15) is 0 Å². The van der Waals surface area contributed by atoms with Gasteiger partial charge in [-0.3, -0.25) is 16.1 Å². The van der Waals surface area contributed by atoms with Crippen LogP contribution in [0.5, 0.6) is 0 Å². The zero-order chi connectivity index (χ0) is 7.61. The fourth-order valence-electron chi connectivity index (χ4n) is 1.34. The Morgan fingerprint density at radius 3 is 2.20 bits per heavy atom. The molecule has 1 aliphatic rings. The third kappa shape index (κ3) is 3.08. The van der Waals surface area contributed by atoms with E-state index in [4.69, 9.17) is 22.8 Å². The molecule has 0 heterocycles. The van der Waals surface area contributed by atoms with Crippen LogP contribution in [-0.4, -0.2) is 6.04 Å². The van der Waals surface area contributed by atoms with Gasteiger partial charge in [-0.15, -0.1) is 0 Å². The summed E-state index contributed by atoms with van der Waals surface area (Å²) in [6.07, 6.45) is 4.94. The Hall–Kier alpha value is 0.530. The molecule has 0 radical (unpaired) electrons. The molecule has 10 heavy (non-hydrogen) atoms. The lowest BCUT2D eigenvalue weighted by atomic mass is 10.3. The number of hydrogen-bond donors (Lipinski definition) is 3. The summed E-state index contributed by atoms with van der Waals surface area (Å²) >= 11 is 4.88. The molecule has 0 bridgehead atoms. The van der Waals surface area contributed by atoms with E-state index in [1.165, 1.54) is 25.7 Å².